The van der Waals surface area contributed by atoms with Crippen LogP contribution in [0.5, 0.6) is 5.75 Å². The predicted molar refractivity (Wildman–Crippen MR) is 106 cm³/mol. The summed E-state index contributed by atoms with van der Waals surface area (Å²) < 4.78 is 11.5. The van der Waals surface area contributed by atoms with Gasteiger partial charge >= 0.3 is 5.97 Å². The van der Waals surface area contributed by atoms with Crippen molar-refractivity contribution in [2.24, 2.45) is 5.92 Å². The van der Waals surface area contributed by atoms with Crippen molar-refractivity contribution in [3.05, 3.63) is 59.2 Å². The van der Waals surface area contributed by atoms with E-state index in [0.717, 1.165) is 24.3 Å². The highest BCUT2D eigenvalue weighted by Crippen LogP contribution is 2.50. The lowest BCUT2D eigenvalue weighted by molar-refractivity contribution is -0.131. The average Bonchev–Trinajstić information content (AvgIpc) is 3.09. The highest BCUT2D eigenvalue weighted by molar-refractivity contribution is 5.69. The number of esters is 1. The molecule has 4 nitrogen and oxygen atoms in total. The Morgan fingerprint density at radius 1 is 1.19 bits per heavy atom. The van der Waals surface area contributed by atoms with E-state index in [-0.39, 0.29) is 23.5 Å². The summed E-state index contributed by atoms with van der Waals surface area (Å²) in [5.74, 6) is 0.650. The first kappa shape index (κ1) is 18.1. The van der Waals surface area contributed by atoms with Crippen molar-refractivity contribution in [2.45, 2.75) is 51.7 Å². The molecule has 3 unspecified atom stereocenters. The Morgan fingerprint density at radius 2 is 2.00 bits per heavy atom. The monoisotopic (exact) mass is 365 g/mol. The first-order valence-corrected chi connectivity index (χ1v) is 9.64. The van der Waals surface area contributed by atoms with Crippen LogP contribution < -0.4 is 10.1 Å². The maximum absolute atomic E-state index is 11.3. The lowest BCUT2D eigenvalue weighted by Crippen LogP contribution is -2.29. The molecule has 4 heteroatoms. The average molecular weight is 365 g/mol. The van der Waals surface area contributed by atoms with Crippen molar-refractivity contribution < 1.29 is 14.3 Å². The number of carbonyl (C=O) groups is 1. The molecular formula is C23H27NO3. The lowest BCUT2D eigenvalue weighted by atomic mass is 9.78. The minimum atomic E-state index is -0.300. The van der Waals surface area contributed by atoms with Gasteiger partial charge in [0, 0.05) is 30.7 Å². The van der Waals surface area contributed by atoms with Crippen LogP contribution in [0.2, 0.25) is 0 Å². The summed E-state index contributed by atoms with van der Waals surface area (Å²) in [6.45, 7) is 8.91. The zero-order valence-corrected chi connectivity index (χ0v) is 16.4. The Morgan fingerprint density at radius 3 is 2.74 bits per heavy atom. The number of carbonyl (C=O) groups excluding carboxylic acids is 1. The molecular weight excluding hydrogens is 338 g/mol. The van der Waals surface area contributed by atoms with Gasteiger partial charge in [0.05, 0.1) is 12.1 Å². The van der Waals surface area contributed by atoms with Crippen LogP contribution >= 0.6 is 0 Å². The Hall–Kier alpha value is -2.33. The molecule has 1 saturated heterocycles. The number of hydrogen-bond acceptors (Lipinski definition) is 4. The van der Waals surface area contributed by atoms with Crippen LogP contribution in [0.1, 0.15) is 63.0 Å². The molecule has 142 valence electrons. The van der Waals surface area contributed by atoms with Gasteiger partial charge in [-0.25, -0.2) is 0 Å². The summed E-state index contributed by atoms with van der Waals surface area (Å²) in [5, 5.41) is 3.72. The number of anilines is 1. The van der Waals surface area contributed by atoms with Gasteiger partial charge in [-0.1, -0.05) is 45.0 Å². The van der Waals surface area contributed by atoms with Gasteiger partial charge in [0.1, 0.15) is 5.75 Å². The molecule has 0 amide bonds. The molecule has 2 aromatic carbocycles. The normalized spacial score (nSPS) is 23.9. The fourth-order valence-corrected chi connectivity index (χ4v) is 4.21. The van der Waals surface area contributed by atoms with Crippen LogP contribution in [-0.4, -0.2) is 12.6 Å². The van der Waals surface area contributed by atoms with Crippen molar-refractivity contribution in [1.29, 1.82) is 0 Å². The largest absolute Gasteiger partial charge is 0.427 e. The molecule has 2 heterocycles. The SMILES string of the molecule is CC(=O)Oc1cccc(C2Nc3ccc(C(C)(C)C)cc3C3OCCC23)c1. The van der Waals surface area contributed by atoms with Gasteiger partial charge in [-0.3, -0.25) is 4.79 Å². The number of ether oxygens (including phenoxy) is 2. The van der Waals surface area contributed by atoms with Gasteiger partial charge < -0.3 is 14.8 Å². The third-order valence-corrected chi connectivity index (χ3v) is 5.58. The zero-order chi connectivity index (χ0) is 19.2. The molecule has 3 atom stereocenters. The zero-order valence-electron chi connectivity index (χ0n) is 16.4. The maximum Gasteiger partial charge on any atom is 0.308 e. The molecule has 0 bridgehead atoms. The molecule has 0 saturated carbocycles. The second kappa shape index (κ2) is 6.68. The van der Waals surface area contributed by atoms with Crippen LogP contribution in [0.15, 0.2) is 42.5 Å². The van der Waals surface area contributed by atoms with Crippen LogP contribution in [0, 0.1) is 5.92 Å². The van der Waals surface area contributed by atoms with Crippen molar-refractivity contribution >= 4 is 11.7 Å². The van der Waals surface area contributed by atoms with Gasteiger partial charge in [-0.15, -0.1) is 0 Å². The molecule has 0 spiro atoms. The Kier molecular flexibility index (Phi) is 4.47. The van der Waals surface area contributed by atoms with E-state index >= 15 is 0 Å². The van der Waals surface area contributed by atoms with E-state index in [9.17, 15) is 4.79 Å². The summed E-state index contributed by atoms with van der Waals surface area (Å²) >= 11 is 0. The number of fused-ring (bicyclic) bond motifs is 3. The Labute approximate surface area is 160 Å². The van der Waals surface area contributed by atoms with Gasteiger partial charge in [-0.05, 0) is 41.2 Å². The van der Waals surface area contributed by atoms with Gasteiger partial charge in [-0.2, -0.15) is 0 Å². The first-order valence-electron chi connectivity index (χ1n) is 9.64. The molecule has 2 aromatic rings. The van der Waals surface area contributed by atoms with E-state index < -0.39 is 0 Å². The Bertz CT molecular complexity index is 868. The molecule has 2 aliphatic rings. The molecule has 1 N–H and O–H groups in total. The molecule has 0 aromatic heterocycles. The van der Waals surface area contributed by atoms with Crippen molar-refractivity contribution in [2.75, 3.05) is 11.9 Å². The lowest BCUT2D eigenvalue weighted by Gasteiger charge is -2.37. The fourth-order valence-electron chi connectivity index (χ4n) is 4.21. The van der Waals surface area contributed by atoms with Crippen molar-refractivity contribution in [3.63, 3.8) is 0 Å². The second-order valence-corrected chi connectivity index (χ2v) is 8.58. The van der Waals surface area contributed by atoms with Crippen molar-refractivity contribution in [3.8, 4) is 5.75 Å². The highest BCUT2D eigenvalue weighted by atomic mass is 16.5. The molecule has 1 fully saturated rings. The third-order valence-electron chi connectivity index (χ3n) is 5.58. The topological polar surface area (TPSA) is 47.6 Å². The van der Waals surface area contributed by atoms with E-state index in [1.807, 2.05) is 18.2 Å². The number of rotatable bonds is 2. The summed E-state index contributed by atoms with van der Waals surface area (Å²) in [6, 6.07) is 14.6. The Balaban J connectivity index is 1.71. The summed E-state index contributed by atoms with van der Waals surface area (Å²) in [5.41, 5.74) is 4.96. The van der Waals surface area contributed by atoms with Crippen LogP contribution in [0.4, 0.5) is 5.69 Å². The fraction of sp³-hybridized carbons (Fsp3) is 0.435. The summed E-state index contributed by atoms with van der Waals surface area (Å²) in [7, 11) is 0. The van der Waals surface area contributed by atoms with E-state index in [4.69, 9.17) is 9.47 Å². The maximum atomic E-state index is 11.3. The third kappa shape index (κ3) is 3.46. The van der Waals surface area contributed by atoms with E-state index in [2.05, 4.69) is 50.4 Å². The summed E-state index contributed by atoms with van der Waals surface area (Å²) in [4.78, 5) is 11.3. The van der Waals surface area contributed by atoms with E-state index in [1.165, 1.54) is 18.1 Å². The van der Waals surface area contributed by atoms with E-state index in [1.54, 1.807) is 0 Å². The van der Waals surface area contributed by atoms with Crippen LogP contribution in [0.3, 0.4) is 0 Å². The molecule has 2 aliphatic heterocycles. The summed E-state index contributed by atoms with van der Waals surface area (Å²) in [6.07, 6.45) is 1.12. The van der Waals surface area contributed by atoms with Gasteiger partial charge in [0.25, 0.3) is 0 Å². The molecule has 0 radical (unpaired) electrons. The number of benzene rings is 2. The van der Waals surface area contributed by atoms with Crippen LogP contribution in [0.25, 0.3) is 0 Å². The minimum Gasteiger partial charge on any atom is -0.427 e. The smallest absolute Gasteiger partial charge is 0.308 e. The standard InChI is InChI=1S/C23H27NO3/c1-14(25)27-17-7-5-6-15(12-17)21-18-10-11-26-22(18)19-13-16(23(2,3)4)8-9-20(19)24-21/h5-9,12-13,18,21-22,24H,10-11H2,1-4H3. The van der Waals surface area contributed by atoms with Crippen molar-refractivity contribution in [1.82, 2.24) is 0 Å². The predicted octanol–water partition coefficient (Wildman–Crippen LogP) is 5.15. The molecule has 27 heavy (non-hydrogen) atoms. The molecule has 4 rings (SSSR count). The second-order valence-electron chi connectivity index (χ2n) is 8.58. The van der Waals surface area contributed by atoms with E-state index in [0.29, 0.717) is 11.7 Å². The van der Waals surface area contributed by atoms with Gasteiger partial charge in [0.15, 0.2) is 0 Å². The first-order chi connectivity index (χ1) is 12.8. The molecule has 0 aliphatic carbocycles. The quantitative estimate of drug-likeness (QED) is 0.590. The minimum absolute atomic E-state index is 0.103. The number of hydrogen-bond donors (Lipinski definition) is 1. The van der Waals surface area contributed by atoms with Crippen LogP contribution in [-0.2, 0) is 14.9 Å². The number of nitrogens with one attached hydrogen (secondary N) is 1. The highest BCUT2D eigenvalue weighted by Gasteiger charge is 2.41. The van der Waals surface area contributed by atoms with Gasteiger partial charge in [0.2, 0.25) is 0 Å².